The molecule has 1 aliphatic rings. The quantitative estimate of drug-likeness (QED) is 0.744. The molecule has 3 aromatic rings. The maximum Gasteiger partial charge on any atom is 0.158 e. The van der Waals surface area contributed by atoms with Crippen molar-refractivity contribution in [3.8, 4) is 11.4 Å². The summed E-state index contributed by atoms with van der Waals surface area (Å²) in [7, 11) is 0. The highest BCUT2D eigenvalue weighted by atomic mass is 16.5. The lowest BCUT2D eigenvalue weighted by atomic mass is 10.2. The molecule has 4 heterocycles. The van der Waals surface area contributed by atoms with Crippen molar-refractivity contribution < 1.29 is 4.74 Å². The van der Waals surface area contributed by atoms with Crippen molar-refractivity contribution in [3.63, 3.8) is 0 Å². The minimum Gasteiger partial charge on any atom is -0.378 e. The van der Waals surface area contributed by atoms with Crippen LogP contribution in [0, 0.1) is 0 Å². The lowest BCUT2D eigenvalue weighted by molar-refractivity contribution is 0.122. The van der Waals surface area contributed by atoms with Crippen LogP contribution in [0.3, 0.4) is 0 Å². The van der Waals surface area contributed by atoms with Crippen molar-refractivity contribution in [1.82, 2.24) is 20.2 Å². The fraction of sp³-hybridized carbons (Fsp3) is 0.286. The van der Waals surface area contributed by atoms with E-state index in [1.807, 2.05) is 18.3 Å². The van der Waals surface area contributed by atoms with Crippen LogP contribution in [0.25, 0.3) is 22.4 Å². The third kappa shape index (κ3) is 1.85. The Kier molecular flexibility index (Phi) is 2.67. The number of nitrogens with zero attached hydrogens (tertiary/aromatic N) is 3. The molecule has 1 fully saturated rings. The number of hydrogen-bond acceptors (Lipinski definition) is 4. The highest BCUT2D eigenvalue weighted by Crippen LogP contribution is 2.26. The first-order valence-corrected chi connectivity index (χ1v) is 6.73. The van der Waals surface area contributed by atoms with E-state index in [2.05, 4.69) is 37.2 Å². The number of rotatable bonds is 2. The molecule has 0 unspecified atom stereocenters. The lowest BCUT2D eigenvalue weighted by Gasteiger charge is -2.27. The fourth-order valence-electron chi connectivity index (χ4n) is 2.55. The SMILES string of the molecule is c1c[nH]c(-c2n[nH]c3nc(N4CCOCC4)ccc23)c1. The van der Waals surface area contributed by atoms with Crippen molar-refractivity contribution in [2.45, 2.75) is 0 Å². The van der Waals surface area contributed by atoms with E-state index in [9.17, 15) is 0 Å². The number of anilines is 1. The molecule has 1 saturated heterocycles. The molecule has 2 N–H and O–H groups in total. The van der Waals surface area contributed by atoms with Crippen LogP contribution in [0.2, 0.25) is 0 Å². The van der Waals surface area contributed by atoms with Crippen molar-refractivity contribution >= 4 is 16.9 Å². The Morgan fingerprint density at radius 3 is 2.85 bits per heavy atom. The minimum absolute atomic E-state index is 0.760. The van der Waals surface area contributed by atoms with Gasteiger partial charge in [0, 0.05) is 24.7 Å². The van der Waals surface area contributed by atoms with Gasteiger partial charge in [0.1, 0.15) is 11.5 Å². The lowest BCUT2D eigenvalue weighted by Crippen LogP contribution is -2.36. The number of pyridine rings is 1. The van der Waals surface area contributed by atoms with Crippen LogP contribution in [0.15, 0.2) is 30.5 Å². The molecule has 0 atom stereocenters. The van der Waals surface area contributed by atoms with Gasteiger partial charge in [-0.15, -0.1) is 0 Å². The zero-order valence-corrected chi connectivity index (χ0v) is 11.0. The first-order valence-electron chi connectivity index (χ1n) is 6.73. The molecular weight excluding hydrogens is 254 g/mol. The number of H-pyrrole nitrogens is 2. The summed E-state index contributed by atoms with van der Waals surface area (Å²) >= 11 is 0. The van der Waals surface area contributed by atoms with Gasteiger partial charge in [0.05, 0.1) is 18.9 Å². The molecular formula is C14H15N5O. The maximum absolute atomic E-state index is 5.37. The summed E-state index contributed by atoms with van der Waals surface area (Å²) in [4.78, 5) is 10.1. The van der Waals surface area contributed by atoms with Crippen LogP contribution < -0.4 is 4.90 Å². The normalized spacial score (nSPS) is 15.9. The molecule has 1 aliphatic heterocycles. The Labute approximate surface area is 115 Å². The second kappa shape index (κ2) is 4.64. The fourth-order valence-corrected chi connectivity index (χ4v) is 2.55. The molecule has 0 aliphatic carbocycles. The molecule has 102 valence electrons. The summed E-state index contributed by atoms with van der Waals surface area (Å²) in [5.74, 6) is 0.975. The first kappa shape index (κ1) is 11.5. The minimum atomic E-state index is 0.760. The van der Waals surface area contributed by atoms with E-state index in [1.165, 1.54) is 0 Å². The van der Waals surface area contributed by atoms with E-state index in [0.717, 1.165) is 54.5 Å². The highest BCUT2D eigenvalue weighted by Gasteiger charge is 2.15. The molecule has 0 amide bonds. The van der Waals surface area contributed by atoms with Crippen LogP contribution in [-0.4, -0.2) is 46.5 Å². The monoisotopic (exact) mass is 269 g/mol. The van der Waals surface area contributed by atoms with Gasteiger partial charge in [0.2, 0.25) is 0 Å². The summed E-state index contributed by atoms with van der Waals surface area (Å²) in [6, 6.07) is 8.10. The van der Waals surface area contributed by atoms with Gasteiger partial charge in [-0.2, -0.15) is 5.10 Å². The summed E-state index contributed by atoms with van der Waals surface area (Å²) in [5.41, 5.74) is 2.72. The molecule has 6 heteroatoms. The first-order chi connectivity index (χ1) is 9.92. The summed E-state index contributed by atoms with van der Waals surface area (Å²) < 4.78 is 5.37. The Bertz CT molecular complexity index is 712. The number of aromatic amines is 2. The predicted molar refractivity (Wildman–Crippen MR) is 76.7 cm³/mol. The molecule has 4 rings (SSSR count). The number of nitrogens with one attached hydrogen (secondary N) is 2. The second-order valence-corrected chi connectivity index (χ2v) is 4.82. The van der Waals surface area contributed by atoms with Crippen LogP contribution in [0.4, 0.5) is 5.82 Å². The second-order valence-electron chi connectivity index (χ2n) is 4.82. The molecule has 6 nitrogen and oxygen atoms in total. The van der Waals surface area contributed by atoms with Crippen molar-refractivity contribution in [3.05, 3.63) is 30.5 Å². The Morgan fingerprint density at radius 2 is 2.05 bits per heavy atom. The van der Waals surface area contributed by atoms with Gasteiger partial charge >= 0.3 is 0 Å². The molecule has 0 saturated carbocycles. The summed E-state index contributed by atoms with van der Waals surface area (Å²) in [6.45, 7) is 3.29. The van der Waals surface area contributed by atoms with Crippen molar-refractivity contribution in [2.75, 3.05) is 31.2 Å². The van der Waals surface area contributed by atoms with E-state index < -0.39 is 0 Å². The molecule has 20 heavy (non-hydrogen) atoms. The number of hydrogen-bond donors (Lipinski definition) is 2. The van der Waals surface area contributed by atoms with Crippen LogP contribution in [0.5, 0.6) is 0 Å². The average Bonchev–Trinajstić information content (AvgIpc) is 3.16. The van der Waals surface area contributed by atoms with Gasteiger partial charge in [0.25, 0.3) is 0 Å². The molecule has 0 aromatic carbocycles. The third-order valence-corrected chi connectivity index (χ3v) is 3.60. The van der Waals surface area contributed by atoms with E-state index in [1.54, 1.807) is 0 Å². The van der Waals surface area contributed by atoms with Crippen molar-refractivity contribution in [1.29, 1.82) is 0 Å². The van der Waals surface area contributed by atoms with Gasteiger partial charge in [-0.25, -0.2) is 4.98 Å². The topological polar surface area (TPSA) is 69.8 Å². The molecule has 0 radical (unpaired) electrons. The predicted octanol–water partition coefficient (Wildman–Crippen LogP) is 1.79. The zero-order chi connectivity index (χ0) is 13.4. The standard InChI is InChI=1S/C14H15N5O/c1-2-11(15-5-1)13-10-3-4-12(16-14(10)18-17-13)19-6-8-20-9-7-19/h1-5,15H,6-9H2,(H,16,17,18). The third-order valence-electron chi connectivity index (χ3n) is 3.60. The van der Waals surface area contributed by atoms with Crippen LogP contribution >= 0.6 is 0 Å². The van der Waals surface area contributed by atoms with E-state index >= 15 is 0 Å². The number of morpholine rings is 1. The summed E-state index contributed by atoms with van der Waals surface area (Å²) in [5, 5.41) is 8.41. The smallest absolute Gasteiger partial charge is 0.158 e. The Morgan fingerprint density at radius 1 is 1.15 bits per heavy atom. The number of fused-ring (bicyclic) bond motifs is 1. The van der Waals surface area contributed by atoms with Crippen molar-refractivity contribution in [2.24, 2.45) is 0 Å². The zero-order valence-electron chi connectivity index (χ0n) is 11.0. The Hall–Kier alpha value is -2.34. The average molecular weight is 269 g/mol. The summed E-state index contributed by atoms with van der Waals surface area (Å²) in [6.07, 6.45) is 1.89. The van der Waals surface area contributed by atoms with E-state index in [0.29, 0.717) is 0 Å². The van der Waals surface area contributed by atoms with Crippen LogP contribution in [0.1, 0.15) is 0 Å². The molecule has 3 aromatic heterocycles. The van der Waals surface area contributed by atoms with Gasteiger partial charge in [0.15, 0.2) is 5.65 Å². The number of ether oxygens (including phenoxy) is 1. The largest absolute Gasteiger partial charge is 0.378 e. The van der Waals surface area contributed by atoms with Gasteiger partial charge in [-0.3, -0.25) is 5.10 Å². The Balaban J connectivity index is 1.74. The van der Waals surface area contributed by atoms with Gasteiger partial charge < -0.3 is 14.6 Å². The highest BCUT2D eigenvalue weighted by molar-refractivity contribution is 5.90. The van der Waals surface area contributed by atoms with Gasteiger partial charge in [-0.1, -0.05) is 0 Å². The van der Waals surface area contributed by atoms with Gasteiger partial charge in [-0.05, 0) is 24.3 Å². The molecule has 0 spiro atoms. The number of aromatic nitrogens is 4. The maximum atomic E-state index is 5.37. The van der Waals surface area contributed by atoms with E-state index in [-0.39, 0.29) is 0 Å². The van der Waals surface area contributed by atoms with E-state index in [4.69, 9.17) is 4.74 Å². The van der Waals surface area contributed by atoms with Crippen LogP contribution in [-0.2, 0) is 4.74 Å². The molecule has 0 bridgehead atoms.